The number of hydrogen-bond donors (Lipinski definition) is 0. The van der Waals surface area contributed by atoms with Gasteiger partial charge in [0.25, 0.3) is 0 Å². The van der Waals surface area contributed by atoms with Crippen LogP contribution in [0.1, 0.15) is 43.2 Å². The molecule has 2 rings (SSSR count). The maximum Gasteiger partial charge on any atom is 0.242 e. The fourth-order valence-electron chi connectivity index (χ4n) is 2.96. The molecule has 118 valence electrons. The van der Waals surface area contributed by atoms with Crippen LogP contribution in [0.2, 0.25) is 0 Å². The maximum absolute atomic E-state index is 12.7. The molecule has 0 heterocycles. The van der Waals surface area contributed by atoms with Crippen molar-refractivity contribution in [1.29, 1.82) is 0 Å². The van der Waals surface area contributed by atoms with Crippen molar-refractivity contribution in [3.05, 3.63) is 29.3 Å². The molecule has 1 fully saturated rings. The zero-order valence-corrected chi connectivity index (χ0v) is 14.4. The van der Waals surface area contributed by atoms with Crippen LogP contribution in [0.25, 0.3) is 0 Å². The number of hydrogen-bond acceptors (Lipinski definition) is 2. The molecule has 0 unspecified atom stereocenters. The Morgan fingerprint density at radius 3 is 2.52 bits per heavy atom. The molecule has 1 aliphatic rings. The van der Waals surface area contributed by atoms with Gasteiger partial charge in [-0.2, -0.15) is 0 Å². The van der Waals surface area contributed by atoms with Gasteiger partial charge in [0.2, 0.25) is 10.0 Å². The van der Waals surface area contributed by atoms with Crippen LogP contribution in [-0.4, -0.2) is 26.3 Å². The van der Waals surface area contributed by atoms with E-state index in [-0.39, 0.29) is 0 Å². The third kappa shape index (κ3) is 3.99. The Morgan fingerprint density at radius 2 is 1.90 bits per heavy atom. The van der Waals surface area contributed by atoms with Gasteiger partial charge in [-0.25, -0.2) is 12.7 Å². The van der Waals surface area contributed by atoms with Crippen molar-refractivity contribution in [2.24, 2.45) is 5.92 Å². The Kier molecular flexibility index (Phi) is 5.69. The number of halogens is 1. The lowest BCUT2D eigenvalue weighted by molar-refractivity contribution is 0.300. The first-order valence-corrected chi connectivity index (χ1v) is 9.54. The molecule has 0 aromatic heterocycles. The van der Waals surface area contributed by atoms with Crippen LogP contribution in [0.3, 0.4) is 0 Å². The van der Waals surface area contributed by atoms with Crippen LogP contribution in [0, 0.1) is 12.8 Å². The average Bonchev–Trinajstić information content (AvgIpc) is 2.48. The minimum atomic E-state index is -3.41. The van der Waals surface area contributed by atoms with Gasteiger partial charge in [0.05, 0.1) is 4.90 Å². The summed E-state index contributed by atoms with van der Waals surface area (Å²) in [5.41, 5.74) is 1.91. The van der Waals surface area contributed by atoms with Crippen LogP contribution < -0.4 is 0 Å². The Balaban J connectivity index is 2.16. The highest BCUT2D eigenvalue weighted by Crippen LogP contribution is 2.26. The summed E-state index contributed by atoms with van der Waals surface area (Å²) >= 11 is 5.88. The predicted molar refractivity (Wildman–Crippen MR) is 87.1 cm³/mol. The third-order valence-corrected chi connectivity index (χ3v) is 6.52. The van der Waals surface area contributed by atoms with Crippen LogP contribution >= 0.6 is 11.6 Å². The summed E-state index contributed by atoms with van der Waals surface area (Å²) in [4.78, 5) is 0.349. The maximum atomic E-state index is 12.7. The first-order valence-electron chi connectivity index (χ1n) is 7.57. The quantitative estimate of drug-likeness (QED) is 0.767. The van der Waals surface area contributed by atoms with Gasteiger partial charge in [-0.05, 0) is 48.9 Å². The molecule has 3 nitrogen and oxygen atoms in total. The van der Waals surface area contributed by atoms with Crippen LogP contribution in [0.4, 0.5) is 0 Å². The lowest BCUT2D eigenvalue weighted by atomic mass is 9.89. The zero-order chi connectivity index (χ0) is 15.5. The van der Waals surface area contributed by atoms with E-state index in [1.165, 1.54) is 23.6 Å². The SMILES string of the molecule is Cc1ccc(S(=O)(=O)N(C)CC2CCCCC2)cc1CCl. The molecule has 0 saturated heterocycles. The molecule has 0 atom stereocenters. The molecule has 5 heteroatoms. The van der Waals surface area contributed by atoms with E-state index in [1.807, 2.05) is 13.0 Å². The smallest absolute Gasteiger partial charge is 0.207 e. The normalized spacial score (nSPS) is 17.3. The molecule has 0 spiro atoms. The average molecular weight is 330 g/mol. The number of aryl methyl sites for hydroxylation is 1. The minimum Gasteiger partial charge on any atom is -0.207 e. The first-order chi connectivity index (χ1) is 9.95. The standard InChI is InChI=1S/C16H24ClNO2S/c1-13-8-9-16(10-15(13)11-17)21(19,20)18(2)12-14-6-4-3-5-7-14/h8-10,14H,3-7,11-12H2,1-2H3. The predicted octanol–water partition coefficient (Wildman–Crippen LogP) is 3.93. The molecular weight excluding hydrogens is 306 g/mol. The molecule has 0 aliphatic heterocycles. The van der Waals surface area contributed by atoms with Crippen LogP contribution in [0.5, 0.6) is 0 Å². The molecule has 1 aromatic carbocycles. The Labute approximate surface area is 133 Å². The van der Waals surface area contributed by atoms with Gasteiger partial charge in [0.15, 0.2) is 0 Å². The second-order valence-corrected chi connectivity index (χ2v) is 8.32. The summed E-state index contributed by atoms with van der Waals surface area (Å²) in [5, 5.41) is 0. The molecule has 0 N–H and O–H groups in total. The van der Waals surface area contributed by atoms with Crippen molar-refractivity contribution in [2.75, 3.05) is 13.6 Å². The summed E-state index contributed by atoms with van der Waals surface area (Å²) in [6.07, 6.45) is 6.00. The van der Waals surface area contributed by atoms with Gasteiger partial charge in [0, 0.05) is 19.5 Å². The van der Waals surface area contributed by atoms with Crippen LogP contribution in [0.15, 0.2) is 23.1 Å². The summed E-state index contributed by atoms with van der Waals surface area (Å²) in [6, 6.07) is 5.21. The van der Waals surface area contributed by atoms with Crippen molar-refractivity contribution in [3.63, 3.8) is 0 Å². The summed E-state index contributed by atoms with van der Waals surface area (Å²) in [5.74, 6) is 0.832. The number of alkyl halides is 1. The van der Waals surface area contributed by atoms with E-state index in [0.717, 1.165) is 24.0 Å². The molecule has 21 heavy (non-hydrogen) atoms. The van der Waals surface area contributed by atoms with Crippen molar-refractivity contribution in [2.45, 2.75) is 49.8 Å². The molecule has 0 amide bonds. The summed E-state index contributed by atoms with van der Waals surface area (Å²) in [7, 11) is -1.73. The number of nitrogens with zero attached hydrogens (tertiary/aromatic N) is 1. The van der Waals surface area contributed by atoms with Gasteiger partial charge >= 0.3 is 0 Å². The van der Waals surface area contributed by atoms with E-state index in [0.29, 0.717) is 23.2 Å². The van der Waals surface area contributed by atoms with Gasteiger partial charge in [-0.15, -0.1) is 11.6 Å². The van der Waals surface area contributed by atoms with Crippen molar-refractivity contribution >= 4 is 21.6 Å². The Morgan fingerprint density at radius 1 is 1.24 bits per heavy atom. The molecule has 0 radical (unpaired) electrons. The zero-order valence-electron chi connectivity index (χ0n) is 12.8. The molecule has 1 aliphatic carbocycles. The van der Waals surface area contributed by atoms with E-state index in [2.05, 4.69) is 0 Å². The summed E-state index contributed by atoms with van der Waals surface area (Å²) < 4.78 is 26.8. The highest BCUT2D eigenvalue weighted by molar-refractivity contribution is 7.89. The molecular formula is C16H24ClNO2S. The summed E-state index contributed by atoms with van der Waals surface area (Å²) in [6.45, 7) is 2.56. The van der Waals surface area contributed by atoms with E-state index in [9.17, 15) is 8.42 Å². The second kappa shape index (κ2) is 7.12. The monoisotopic (exact) mass is 329 g/mol. The molecule has 0 bridgehead atoms. The van der Waals surface area contributed by atoms with Gasteiger partial charge in [-0.1, -0.05) is 25.3 Å². The molecule has 1 saturated carbocycles. The highest BCUT2D eigenvalue weighted by Gasteiger charge is 2.25. The van der Waals surface area contributed by atoms with Gasteiger partial charge in [-0.3, -0.25) is 0 Å². The highest BCUT2D eigenvalue weighted by atomic mass is 35.5. The van der Waals surface area contributed by atoms with Crippen molar-refractivity contribution in [1.82, 2.24) is 4.31 Å². The van der Waals surface area contributed by atoms with Gasteiger partial charge in [0.1, 0.15) is 0 Å². The number of sulfonamides is 1. The lowest BCUT2D eigenvalue weighted by Gasteiger charge is -2.26. The number of rotatable bonds is 5. The second-order valence-electron chi connectivity index (χ2n) is 6.01. The van der Waals surface area contributed by atoms with Gasteiger partial charge < -0.3 is 0 Å². The van der Waals surface area contributed by atoms with E-state index in [4.69, 9.17) is 11.6 Å². The third-order valence-electron chi connectivity index (χ3n) is 4.41. The Bertz CT molecular complexity index is 580. The van der Waals surface area contributed by atoms with E-state index < -0.39 is 10.0 Å². The number of benzene rings is 1. The lowest BCUT2D eigenvalue weighted by Crippen LogP contribution is -2.32. The Hall–Kier alpha value is -0.580. The molecule has 1 aromatic rings. The van der Waals surface area contributed by atoms with Crippen molar-refractivity contribution < 1.29 is 8.42 Å². The first kappa shape index (κ1) is 16.8. The fraction of sp³-hybridized carbons (Fsp3) is 0.625. The van der Waals surface area contributed by atoms with E-state index >= 15 is 0 Å². The fourth-order valence-corrected chi connectivity index (χ4v) is 4.55. The van der Waals surface area contributed by atoms with E-state index in [1.54, 1.807) is 19.2 Å². The minimum absolute atomic E-state index is 0.335. The van der Waals surface area contributed by atoms with Crippen LogP contribution in [-0.2, 0) is 15.9 Å². The van der Waals surface area contributed by atoms with Crippen molar-refractivity contribution in [3.8, 4) is 0 Å². The topological polar surface area (TPSA) is 37.4 Å². The largest absolute Gasteiger partial charge is 0.242 e.